The van der Waals surface area contributed by atoms with Crippen LogP contribution in [-0.4, -0.2) is 28.7 Å². The number of pyridine rings is 1. The molecular formula is C32H37ClN4O3. The first-order chi connectivity index (χ1) is 19.3. The second-order valence-electron chi connectivity index (χ2n) is 10.5. The number of amides is 3. The van der Waals surface area contributed by atoms with Crippen molar-refractivity contribution in [3.63, 3.8) is 0 Å². The lowest BCUT2D eigenvalue weighted by molar-refractivity contribution is -0.127. The van der Waals surface area contributed by atoms with Gasteiger partial charge in [-0.3, -0.25) is 19.3 Å². The van der Waals surface area contributed by atoms with Gasteiger partial charge in [-0.2, -0.15) is 0 Å². The Bertz CT molecular complexity index is 1310. The monoisotopic (exact) mass is 560 g/mol. The average molecular weight is 561 g/mol. The Kier molecular flexibility index (Phi) is 10.3. The van der Waals surface area contributed by atoms with Crippen LogP contribution in [0.3, 0.4) is 0 Å². The van der Waals surface area contributed by atoms with Crippen LogP contribution in [-0.2, 0) is 14.4 Å². The van der Waals surface area contributed by atoms with Gasteiger partial charge in [0.25, 0.3) is 0 Å². The molecule has 0 unspecified atom stereocenters. The van der Waals surface area contributed by atoms with E-state index in [0.29, 0.717) is 28.5 Å². The maximum absolute atomic E-state index is 14.0. The summed E-state index contributed by atoms with van der Waals surface area (Å²) in [4.78, 5) is 46.2. The largest absolute Gasteiger partial charge is 0.351 e. The molecule has 7 nitrogen and oxygen atoms in total. The van der Waals surface area contributed by atoms with Crippen LogP contribution in [0.4, 0.5) is 11.5 Å². The van der Waals surface area contributed by atoms with Gasteiger partial charge in [0.05, 0.1) is 0 Å². The van der Waals surface area contributed by atoms with E-state index in [1.54, 1.807) is 53.6 Å². The second-order valence-corrected chi connectivity index (χ2v) is 10.9. The number of aryl methyl sites for hydroxylation is 2. The molecule has 1 fully saturated rings. The molecule has 0 bridgehead atoms. The van der Waals surface area contributed by atoms with Crippen molar-refractivity contribution in [2.75, 3.05) is 10.2 Å². The smallest absolute Gasteiger partial charge is 0.248 e. The van der Waals surface area contributed by atoms with Crippen LogP contribution in [0.5, 0.6) is 0 Å². The number of carbonyl (C=O) groups is 3. The van der Waals surface area contributed by atoms with E-state index in [1.807, 2.05) is 32.0 Å². The molecule has 1 atom stereocenters. The minimum atomic E-state index is -0.880. The van der Waals surface area contributed by atoms with Gasteiger partial charge in [0.15, 0.2) is 0 Å². The minimum Gasteiger partial charge on any atom is -0.351 e. The van der Waals surface area contributed by atoms with Crippen molar-refractivity contribution in [1.29, 1.82) is 0 Å². The first-order valence-corrected chi connectivity index (χ1v) is 14.4. The molecule has 0 spiro atoms. The van der Waals surface area contributed by atoms with Crippen LogP contribution in [0.15, 0.2) is 66.9 Å². The highest BCUT2D eigenvalue weighted by Gasteiger charge is 2.34. The summed E-state index contributed by atoms with van der Waals surface area (Å²) in [6.07, 6.45) is 7.39. The van der Waals surface area contributed by atoms with E-state index < -0.39 is 6.04 Å². The van der Waals surface area contributed by atoms with Crippen LogP contribution >= 0.6 is 11.6 Å². The number of hydrogen-bond acceptors (Lipinski definition) is 4. The van der Waals surface area contributed by atoms with Crippen LogP contribution in [0.2, 0.25) is 5.02 Å². The lowest BCUT2D eigenvalue weighted by Gasteiger charge is -2.34. The molecule has 1 saturated carbocycles. The third-order valence-electron chi connectivity index (χ3n) is 7.26. The molecule has 1 aromatic heterocycles. The highest BCUT2D eigenvalue weighted by Crippen LogP contribution is 2.33. The maximum Gasteiger partial charge on any atom is 0.248 e. The summed E-state index contributed by atoms with van der Waals surface area (Å²) in [6.45, 7) is 3.90. The first-order valence-electron chi connectivity index (χ1n) is 14.0. The zero-order valence-electron chi connectivity index (χ0n) is 23.2. The van der Waals surface area contributed by atoms with Crippen molar-refractivity contribution in [2.45, 2.75) is 77.3 Å². The van der Waals surface area contributed by atoms with E-state index in [-0.39, 0.29) is 36.6 Å². The van der Waals surface area contributed by atoms with Gasteiger partial charge in [-0.15, -0.1) is 0 Å². The van der Waals surface area contributed by atoms with Crippen molar-refractivity contribution in [1.82, 2.24) is 10.3 Å². The van der Waals surface area contributed by atoms with Crippen molar-refractivity contribution >= 4 is 40.8 Å². The second kappa shape index (κ2) is 14.1. The molecule has 0 radical (unpaired) electrons. The van der Waals surface area contributed by atoms with Crippen molar-refractivity contribution in [3.05, 3.63) is 88.6 Å². The summed E-state index contributed by atoms with van der Waals surface area (Å²) in [5.74, 6) is -0.179. The Balaban J connectivity index is 1.61. The van der Waals surface area contributed by atoms with Crippen molar-refractivity contribution < 1.29 is 14.4 Å². The third kappa shape index (κ3) is 7.92. The number of nitrogens with one attached hydrogen (secondary N) is 2. The van der Waals surface area contributed by atoms with Gasteiger partial charge < -0.3 is 10.6 Å². The molecule has 1 aliphatic rings. The summed E-state index contributed by atoms with van der Waals surface area (Å²) in [5.41, 5.74) is 3.23. The predicted molar refractivity (Wildman–Crippen MR) is 159 cm³/mol. The normalized spacial score (nSPS) is 14.3. The number of anilines is 2. The fraction of sp³-hybridized carbons (Fsp3) is 0.375. The molecule has 0 aliphatic heterocycles. The van der Waals surface area contributed by atoms with E-state index >= 15 is 0 Å². The van der Waals surface area contributed by atoms with Gasteiger partial charge in [0, 0.05) is 35.8 Å². The van der Waals surface area contributed by atoms with Gasteiger partial charge in [-0.25, -0.2) is 4.98 Å². The Morgan fingerprint density at radius 1 is 0.975 bits per heavy atom. The molecule has 2 aromatic carbocycles. The lowest BCUT2D eigenvalue weighted by Crippen LogP contribution is -2.47. The summed E-state index contributed by atoms with van der Waals surface area (Å²) in [7, 11) is 0. The van der Waals surface area contributed by atoms with E-state index in [2.05, 4.69) is 15.6 Å². The molecule has 8 heteroatoms. The van der Waals surface area contributed by atoms with Gasteiger partial charge in [-0.05, 0) is 80.1 Å². The SMILES string of the molecule is Cc1ccc(C)c(N(C(=O)CCCC(=O)Nc2ccccn2)[C@H](C(=O)NC2CCCCC2)c2ccc(Cl)cc2)c1. The molecule has 40 heavy (non-hydrogen) atoms. The van der Waals surface area contributed by atoms with Crippen LogP contribution in [0, 0.1) is 13.8 Å². The molecular weight excluding hydrogens is 524 g/mol. The van der Waals surface area contributed by atoms with Gasteiger partial charge >= 0.3 is 0 Å². The number of carbonyl (C=O) groups excluding carboxylic acids is 3. The fourth-order valence-electron chi connectivity index (χ4n) is 5.15. The summed E-state index contributed by atoms with van der Waals surface area (Å²) >= 11 is 6.19. The standard InChI is InChI=1S/C32H37ClN4O3/c1-22-14-15-23(2)27(21-22)37(30(39)13-8-12-29(38)36-28-11-6-7-20-34-28)31(24-16-18-25(33)19-17-24)32(40)35-26-9-4-3-5-10-26/h6-7,11,14-21,26,31H,3-5,8-10,12-13H2,1-2H3,(H,35,40)(H,34,36,38)/t31-/m0/s1. The Morgan fingerprint density at radius 2 is 1.73 bits per heavy atom. The van der Waals surface area contributed by atoms with Gasteiger partial charge in [0.1, 0.15) is 11.9 Å². The number of nitrogens with zero attached hydrogens (tertiary/aromatic N) is 2. The highest BCUT2D eigenvalue weighted by atomic mass is 35.5. The maximum atomic E-state index is 14.0. The number of rotatable bonds is 10. The molecule has 1 heterocycles. The summed E-state index contributed by atoms with van der Waals surface area (Å²) in [5, 5.41) is 6.55. The lowest BCUT2D eigenvalue weighted by atomic mass is 9.94. The molecule has 4 rings (SSSR count). The number of hydrogen-bond donors (Lipinski definition) is 2. The molecule has 2 N–H and O–H groups in total. The highest BCUT2D eigenvalue weighted by molar-refractivity contribution is 6.30. The Hall–Kier alpha value is -3.71. The van der Waals surface area contributed by atoms with E-state index in [0.717, 1.165) is 36.8 Å². The van der Waals surface area contributed by atoms with Crippen molar-refractivity contribution in [2.24, 2.45) is 0 Å². The van der Waals surface area contributed by atoms with E-state index in [1.165, 1.54) is 6.42 Å². The zero-order valence-corrected chi connectivity index (χ0v) is 23.9. The Labute approximate surface area is 241 Å². The summed E-state index contributed by atoms with van der Waals surface area (Å²) < 4.78 is 0. The predicted octanol–water partition coefficient (Wildman–Crippen LogP) is 6.68. The first kappa shape index (κ1) is 29.3. The number of aromatic nitrogens is 1. The molecule has 3 aromatic rings. The van der Waals surface area contributed by atoms with Crippen LogP contribution < -0.4 is 15.5 Å². The van der Waals surface area contributed by atoms with Crippen molar-refractivity contribution in [3.8, 4) is 0 Å². The quantitative estimate of drug-likeness (QED) is 0.289. The van der Waals surface area contributed by atoms with E-state index in [9.17, 15) is 14.4 Å². The zero-order chi connectivity index (χ0) is 28.5. The summed E-state index contributed by atoms with van der Waals surface area (Å²) in [6, 6.07) is 17.5. The number of benzene rings is 2. The van der Waals surface area contributed by atoms with Gasteiger partial charge in [0.2, 0.25) is 17.7 Å². The third-order valence-corrected chi connectivity index (χ3v) is 7.52. The molecule has 1 aliphatic carbocycles. The topological polar surface area (TPSA) is 91.4 Å². The molecule has 210 valence electrons. The van der Waals surface area contributed by atoms with Gasteiger partial charge in [-0.1, -0.05) is 61.2 Å². The minimum absolute atomic E-state index is 0.0851. The van der Waals surface area contributed by atoms with E-state index in [4.69, 9.17) is 11.6 Å². The average Bonchev–Trinajstić information content (AvgIpc) is 2.95. The van der Waals surface area contributed by atoms with Crippen LogP contribution in [0.25, 0.3) is 0 Å². The van der Waals surface area contributed by atoms with Crippen LogP contribution in [0.1, 0.15) is 74.1 Å². The number of halogens is 1. The Morgan fingerprint density at radius 3 is 2.42 bits per heavy atom. The molecule has 0 saturated heterocycles. The molecule has 3 amide bonds. The fourth-order valence-corrected chi connectivity index (χ4v) is 5.27.